The molecule has 0 fully saturated rings. The zero-order valence-electron chi connectivity index (χ0n) is 9.44. The largest absolute Gasteiger partial charge is 0.451 e. The van der Waals surface area contributed by atoms with Crippen molar-refractivity contribution in [1.82, 2.24) is 5.32 Å². The lowest BCUT2D eigenvalue weighted by Crippen LogP contribution is -2.34. The number of hydrogen-bond acceptors (Lipinski definition) is 3. The molecule has 2 rings (SSSR count). The second-order valence-corrected chi connectivity index (χ2v) is 5.37. The van der Waals surface area contributed by atoms with E-state index in [-0.39, 0.29) is 10.9 Å². The summed E-state index contributed by atoms with van der Waals surface area (Å²) in [7, 11) is 0. The molecule has 0 radical (unpaired) electrons. The average molecular weight is 360 g/mol. The summed E-state index contributed by atoms with van der Waals surface area (Å²) in [5, 5.41) is 2.70. The standard InChI is InChI=1S/C12H8BrClN2O2S/c13-6-1-2-7(8(14)5-6)9-3-4-10(18-9)11(17)16-12(15)19/h1-5H,(H3,15,16,17,19). The van der Waals surface area contributed by atoms with E-state index in [0.29, 0.717) is 16.3 Å². The van der Waals surface area contributed by atoms with Gasteiger partial charge in [-0.05, 0) is 42.5 Å². The molecule has 2 aromatic rings. The quantitative estimate of drug-likeness (QED) is 0.807. The van der Waals surface area contributed by atoms with Crippen molar-refractivity contribution in [2.45, 2.75) is 0 Å². The van der Waals surface area contributed by atoms with Crippen LogP contribution in [0.5, 0.6) is 0 Å². The van der Waals surface area contributed by atoms with Gasteiger partial charge in [-0.1, -0.05) is 27.5 Å². The number of carbonyl (C=O) groups excluding carboxylic acids is 1. The Morgan fingerprint density at radius 3 is 2.74 bits per heavy atom. The Bertz CT molecular complexity index is 657. The summed E-state index contributed by atoms with van der Waals surface area (Å²) in [5.41, 5.74) is 5.91. The fraction of sp³-hybridized carbons (Fsp3) is 0. The summed E-state index contributed by atoms with van der Waals surface area (Å²) < 4.78 is 6.29. The molecule has 1 aromatic heterocycles. The number of amides is 1. The highest BCUT2D eigenvalue weighted by Gasteiger charge is 2.14. The molecule has 0 spiro atoms. The van der Waals surface area contributed by atoms with Crippen LogP contribution in [0.15, 0.2) is 39.2 Å². The monoisotopic (exact) mass is 358 g/mol. The average Bonchev–Trinajstić information content (AvgIpc) is 2.77. The SMILES string of the molecule is NC(=S)NC(=O)c1ccc(-c2ccc(Br)cc2Cl)o1. The van der Waals surface area contributed by atoms with E-state index in [2.05, 4.69) is 33.5 Å². The van der Waals surface area contributed by atoms with E-state index < -0.39 is 5.91 Å². The topological polar surface area (TPSA) is 68.3 Å². The highest BCUT2D eigenvalue weighted by molar-refractivity contribution is 9.10. The molecule has 0 unspecified atom stereocenters. The molecule has 1 amide bonds. The van der Waals surface area contributed by atoms with Gasteiger partial charge in [0, 0.05) is 10.0 Å². The van der Waals surface area contributed by atoms with E-state index in [9.17, 15) is 4.79 Å². The molecule has 98 valence electrons. The zero-order chi connectivity index (χ0) is 14.0. The van der Waals surface area contributed by atoms with Crippen LogP contribution in [0.3, 0.4) is 0 Å². The molecule has 0 saturated carbocycles. The van der Waals surface area contributed by atoms with Crippen LogP contribution < -0.4 is 11.1 Å². The van der Waals surface area contributed by atoms with E-state index in [4.69, 9.17) is 21.8 Å². The zero-order valence-corrected chi connectivity index (χ0v) is 12.6. The Morgan fingerprint density at radius 1 is 1.37 bits per heavy atom. The second-order valence-electron chi connectivity index (χ2n) is 3.61. The molecule has 0 aliphatic heterocycles. The number of nitrogens with two attached hydrogens (primary N) is 1. The van der Waals surface area contributed by atoms with Gasteiger partial charge in [0.05, 0.1) is 5.02 Å². The molecule has 4 nitrogen and oxygen atoms in total. The van der Waals surface area contributed by atoms with E-state index in [1.165, 1.54) is 6.07 Å². The maximum atomic E-state index is 11.6. The molecule has 0 saturated heterocycles. The summed E-state index contributed by atoms with van der Waals surface area (Å²) in [5.74, 6) is 0.111. The Kier molecular flexibility index (Phi) is 4.24. The van der Waals surface area contributed by atoms with Gasteiger partial charge in [-0.2, -0.15) is 0 Å². The van der Waals surface area contributed by atoms with Gasteiger partial charge < -0.3 is 10.2 Å². The van der Waals surface area contributed by atoms with Crippen molar-refractivity contribution in [3.05, 3.63) is 45.6 Å². The van der Waals surface area contributed by atoms with Crippen LogP contribution in [0.2, 0.25) is 5.02 Å². The van der Waals surface area contributed by atoms with Crippen molar-refractivity contribution in [2.24, 2.45) is 5.73 Å². The van der Waals surface area contributed by atoms with Crippen LogP contribution >= 0.6 is 39.7 Å². The minimum atomic E-state index is -0.494. The predicted molar refractivity (Wildman–Crippen MR) is 81.1 cm³/mol. The van der Waals surface area contributed by atoms with Crippen molar-refractivity contribution < 1.29 is 9.21 Å². The number of benzene rings is 1. The summed E-state index contributed by atoms with van der Waals surface area (Å²) in [4.78, 5) is 11.6. The number of thiocarbonyl (C=S) groups is 1. The first kappa shape index (κ1) is 14.0. The second kappa shape index (κ2) is 5.73. The molecule has 19 heavy (non-hydrogen) atoms. The summed E-state index contributed by atoms with van der Waals surface area (Å²) in [6, 6.07) is 8.55. The van der Waals surface area contributed by atoms with E-state index >= 15 is 0 Å². The van der Waals surface area contributed by atoms with Crippen LogP contribution in [0.25, 0.3) is 11.3 Å². The lowest BCUT2D eigenvalue weighted by atomic mass is 10.2. The normalized spacial score (nSPS) is 10.2. The smallest absolute Gasteiger partial charge is 0.293 e. The highest BCUT2D eigenvalue weighted by atomic mass is 79.9. The van der Waals surface area contributed by atoms with Gasteiger partial charge in [0.15, 0.2) is 10.9 Å². The van der Waals surface area contributed by atoms with Crippen molar-refractivity contribution in [3.63, 3.8) is 0 Å². The molecule has 1 heterocycles. The van der Waals surface area contributed by atoms with Crippen LogP contribution in [0, 0.1) is 0 Å². The van der Waals surface area contributed by atoms with Crippen LogP contribution in [-0.2, 0) is 0 Å². The van der Waals surface area contributed by atoms with Crippen LogP contribution in [0.1, 0.15) is 10.6 Å². The van der Waals surface area contributed by atoms with Crippen LogP contribution in [0.4, 0.5) is 0 Å². The van der Waals surface area contributed by atoms with Crippen LogP contribution in [-0.4, -0.2) is 11.0 Å². The highest BCUT2D eigenvalue weighted by Crippen LogP contribution is 2.31. The van der Waals surface area contributed by atoms with E-state index in [1.54, 1.807) is 18.2 Å². The Balaban J connectivity index is 2.30. The number of carbonyl (C=O) groups is 1. The molecular formula is C12H8BrClN2O2S. The number of nitrogens with one attached hydrogen (secondary N) is 1. The molecular weight excluding hydrogens is 352 g/mol. The third-order valence-corrected chi connectivity index (χ3v) is 3.17. The lowest BCUT2D eigenvalue weighted by molar-refractivity contribution is 0.0951. The van der Waals surface area contributed by atoms with E-state index in [1.807, 2.05) is 6.07 Å². The van der Waals surface area contributed by atoms with Gasteiger partial charge in [-0.15, -0.1) is 0 Å². The summed E-state index contributed by atoms with van der Waals surface area (Å²) in [6.45, 7) is 0. The number of halogens is 2. The third kappa shape index (κ3) is 3.34. The summed E-state index contributed by atoms with van der Waals surface area (Å²) in [6.07, 6.45) is 0. The Morgan fingerprint density at radius 2 is 2.11 bits per heavy atom. The summed E-state index contributed by atoms with van der Waals surface area (Å²) >= 11 is 14.0. The fourth-order valence-corrected chi connectivity index (χ4v) is 2.33. The van der Waals surface area contributed by atoms with Gasteiger partial charge in [-0.3, -0.25) is 10.1 Å². The minimum Gasteiger partial charge on any atom is -0.451 e. The first-order valence-corrected chi connectivity index (χ1v) is 6.71. The first-order chi connectivity index (χ1) is 8.97. The lowest BCUT2D eigenvalue weighted by Gasteiger charge is -2.02. The molecule has 3 N–H and O–H groups in total. The molecule has 0 bridgehead atoms. The minimum absolute atomic E-state index is 0.107. The maximum Gasteiger partial charge on any atom is 0.293 e. The van der Waals surface area contributed by atoms with E-state index in [0.717, 1.165) is 4.47 Å². The molecule has 0 aliphatic rings. The molecule has 0 aliphatic carbocycles. The van der Waals surface area contributed by atoms with Gasteiger partial charge in [0.25, 0.3) is 5.91 Å². The van der Waals surface area contributed by atoms with Crippen molar-refractivity contribution in [2.75, 3.05) is 0 Å². The van der Waals surface area contributed by atoms with Crippen molar-refractivity contribution in [3.8, 4) is 11.3 Å². The van der Waals surface area contributed by atoms with Gasteiger partial charge in [0.1, 0.15) is 5.76 Å². The number of hydrogen-bond donors (Lipinski definition) is 2. The fourth-order valence-electron chi connectivity index (χ4n) is 1.47. The number of rotatable bonds is 2. The van der Waals surface area contributed by atoms with Gasteiger partial charge >= 0.3 is 0 Å². The molecule has 7 heteroatoms. The Labute approximate surface area is 128 Å². The van der Waals surface area contributed by atoms with Gasteiger partial charge in [-0.25, -0.2) is 0 Å². The maximum absolute atomic E-state index is 11.6. The molecule has 0 atom stereocenters. The number of furan rings is 1. The first-order valence-electron chi connectivity index (χ1n) is 5.13. The predicted octanol–water partition coefficient (Wildman–Crippen LogP) is 3.34. The van der Waals surface area contributed by atoms with Gasteiger partial charge in [0.2, 0.25) is 0 Å². The Hall–Kier alpha value is -1.37. The van der Waals surface area contributed by atoms with Crippen molar-refractivity contribution in [1.29, 1.82) is 0 Å². The van der Waals surface area contributed by atoms with Crippen molar-refractivity contribution >= 4 is 50.8 Å². The third-order valence-electron chi connectivity index (χ3n) is 2.26. The molecule has 1 aromatic carbocycles.